The number of hydrogen-bond acceptors (Lipinski definition) is 4. The third-order valence-electron chi connectivity index (χ3n) is 5.82. The zero-order valence-corrected chi connectivity index (χ0v) is 18.4. The molecule has 1 aromatic heterocycles. The maximum atomic E-state index is 13.0. The van der Waals surface area contributed by atoms with Gasteiger partial charge in [0.1, 0.15) is 5.82 Å². The fourth-order valence-electron chi connectivity index (χ4n) is 3.88. The quantitative estimate of drug-likeness (QED) is 0.660. The topological polar surface area (TPSA) is 67.2 Å². The van der Waals surface area contributed by atoms with Crippen molar-refractivity contribution in [2.75, 3.05) is 23.3 Å². The van der Waals surface area contributed by atoms with Crippen molar-refractivity contribution >= 4 is 29.0 Å². The number of aryl methyl sites for hydroxylation is 1. The van der Waals surface area contributed by atoms with Gasteiger partial charge in [0.15, 0.2) is 0 Å². The van der Waals surface area contributed by atoms with Crippen molar-refractivity contribution in [3.8, 4) is 5.69 Å². The number of amides is 1. The Hall–Kier alpha value is -3.12. The highest BCUT2D eigenvalue weighted by molar-refractivity contribution is 6.30. The van der Waals surface area contributed by atoms with Crippen molar-refractivity contribution in [3.63, 3.8) is 0 Å². The number of carbonyl (C=O) groups is 1. The summed E-state index contributed by atoms with van der Waals surface area (Å²) in [7, 11) is 0. The Morgan fingerprint density at radius 2 is 1.94 bits per heavy atom. The van der Waals surface area contributed by atoms with Crippen LogP contribution in [-0.2, 0) is 4.79 Å². The molecule has 1 aliphatic rings. The van der Waals surface area contributed by atoms with E-state index in [9.17, 15) is 9.59 Å². The molecule has 2 heterocycles. The molecule has 0 aliphatic carbocycles. The van der Waals surface area contributed by atoms with Crippen LogP contribution in [0.4, 0.5) is 11.5 Å². The summed E-state index contributed by atoms with van der Waals surface area (Å²) >= 11 is 6.08. The zero-order chi connectivity index (χ0) is 22.0. The lowest BCUT2D eigenvalue weighted by Crippen LogP contribution is -2.42. The number of hydrogen-bond donors (Lipinski definition) is 1. The number of nitrogens with one attached hydrogen (secondary N) is 1. The first-order valence-electron chi connectivity index (χ1n) is 10.4. The summed E-state index contributed by atoms with van der Waals surface area (Å²) in [6.45, 7) is 5.39. The minimum Gasteiger partial charge on any atom is -0.354 e. The number of aromatic nitrogens is 2. The molecule has 1 atom stereocenters. The summed E-state index contributed by atoms with van der Waals surface area (Å²) in [5.74, 6) is 0.535. The van der Waals surface area contributed by atoms with E-state index in [1.165, 1.54) is 10.7 Å². The highest BCUT2D eigenvalue weighted by Gasteiger charge is 2.27. The minimum absolute atomic E-state index is 0.0153. The molecular formula is C24H25ClN4O2. The second-order valence-corrected chi connectivity index (χ2v) is 8.38. The zero-order valence-electron chi connectivity index (χ0n) is 17.6. The molecule has 0 radical (unpaired) electrons. The predicted octanol–water partition coefficient (Wildman–Crippen LogP) is 4.36. The van der Waals surface area contributed by atoms with Crippen LogP contribution in [-0.4, -0.2) is 28.8 Å². The largest absolute Gasteiger partial charge is 0.354 e. The standard InChI is InChI=1S/C24H25ClN4O2/c1-16-6-3-10-21(17(16)2)26-24(31)18-7-5-13-28(15-18)22-11-12-23(30)29(27-22)20-9-4-8-19(25)14-20/h3-4,6,8-12,14,18H,5,7,13,15H2,1-2H3,(H,26,31). The van der Waals surface area contributed by atoms with Gasteiger partial charge in [0, 0.05) is 29.9 Å². The van der Waals surface area contributed by atoms with Crippen LogP contribution in [0.25, 0.3) is 5.69 Å². The smallest absolute Gasteiger partial charge is 0.271 e. The second-order valence-electron chi connectivity index (χ2n) is 7.94. The van der Waals surface area contributed by atoms with Gasteiger partial charge in [-0.15, -0.1) is 5.10 Å². The van der Waals surface area contributed by atoms with E-state index in [1.54, 1.807) is 30.3 Å². The van der Waals surface area contributed by atoms with Gasteiger partial charge in [-0.25, -0.2) is 0 Å². The first kappa shape index (κ1) is 21.1. The molecule has 1 aliphatic heterocycles. The summed E-state index contributed by atoms with van der Waals surface area (Å²) in [6.07, 6.45) is 1.70. The molecule has 160 valence electrons. The summed E-state index contributed by atoms with van der Waals surface area (Å²) in [5.41, 5.74) is 3.47. The van der Waals surface area contributed by atoms with Crippen molar-refractivity contribution in [1.82, 2.24) is 9.78 Å². The molecule has 1 unspecified atom stereocenters. The van der Waals surface area contributed by atoms with Crippen molar-refractivity contribution < 1.29 is 4.79 Å². The van der Waals surface area contributed by atoms with Crippen LogP contribution in [0.5, 0.6) is 0 Å². The van der Waals surface area contributed by atoms with Crippen LogP contribution in [0.1, 0.15) is 24.0 Å². The number of nitrogens with zero attached hydrogens (tertiary/aromatic N) is 3. The molecule has 7 heteroatoms. The highest BCUT2D eigenvalue weighted by atomic mass is 35.5. The Kier molecular flexibility index (Phi) is 6.09. The van der Waals surface area contributed by atoms with Crippen molar-refractivity contribution in [2.45, 2.75) is 26.7 Å². The summed E-state index contributed by atoms with van der Waals surface area (Å²) in [6, 6.07) is 16.2. The van der Waals surface area contributed by atoms with Crippen LogP contribution in [0.3, 0.4) is 0 Å². The lowest BCUT2D eigenvalue weighted by Gasteiger charge is -2.33. The van der Waals surface area contributed by atoms with Crippen LogP contribution in [0, 0.1) is 19.8 Å². The lowest BCUT2D eigenvalue weighted by atomic mass is 9.96. The van der Waals surface area contributed by atoms with Gasteiger partial charge in [-0.1, -0.05) is 29.8 Å². The molecule has 1 fully saturated rings. The van der Waals surface area contributed by atoms with Gasteiger partial charge in [0.2, 0.25) is 5.91 Å². The van der Waals surface area contributed by atoms with E-state index >= 15 is 0 Å². The molecule has 3 aromatic rings. The van der Waals surface area contributed by atoms with Gasteiger partial charge in [0.05, 0.1) is 11.6 Å². The van der Waals surface area contributed by atoms with Crippen LogP contribution in [0.2, 0.25) is 5.02 Å². The summed E-state index contributed by atoms with van der Waals surface area (Å²) < 4.78 is 1.35. The molecular weight excluding hydrogens is 412 g/mol. The van der Waals surface area contributed by atoms with E-state index < -0.39 is 0 Å². The van der Waals surface area contributed by atoms with E-state index in [2.05, 4.69) is 15.3 Å². The summed E-state index contributed by atoms with van der Waals surface area (Å²) in [4.78, 5) is 27.4. The van der Waals surface area contributed by atoms with Crippen LogP contribution >= 0.6 is 11.6 Å². The Labute approximate surface area is 186 Å². The van der Waals surface area contributed by atoms with Crippen LogP contribution in [0.15, 0.2) is 59.4 Å². The lowest BCUT2D eigenvalue weighted by molar-refractivity contribution is -0.120. The molecule has 0 saturated carbocycles. The number of rotatable bonds is 4. The van der Waals surface area contributed by atoms with Gasteiger partial charge >= 0.3 is 0 Å². The van der Waals surface area contributed by atoms with Gasteiger partial charge in [0.25, 0.3) is 5.56 Å². The average Bonchev–Trinajstić information content (AvgIpc) is 2.77. The Morgan fingerprint density at radius 1 is 1.13 bits per heavy atom. The molecule has 0 spiro atoms. The minimum atomic E-state index is -0.229. The molecule has 1 saturated heterocycles. The maximum Gasteiger partial charge on any atom is 0.271 e. The Morgan fingerprint density at radius 3 is 2.74 bits per heavy atom. The molecule has 31 heavy (non-hydrogen) atoms. The van der Waals surface area contributed by atoms with E-state index in [4.69, 9.17) is 11.6 Å². The SMILES string of the molecule is Cc1cccc(NC(=O)C2CCCN(c3ccc(=O)n(-c4cccc(Cl)c4)n3)C2)c1C. The number of carbonyl (C=O) groups excluding carboxylic acids is 1. The molecule has 1 N–H and O–H groups in total. The Bertz CT molecular complexity index is 1170. The highest BCUT2D eigenvalue weighted by Crippen LogP contribution is 2.24. The van der Waals surface area contributed by atoms with E-state index in [-0.39, 0.29) is 17.4 Å². The molecule has 0 bridgehead atoms. The fourth-order valence-corrected chi connectivity index (χ4v) is 4.07. The third kappa shape index (κ3) is 4.64. The monoisotopic (exact) mass is 436 g/mol. The van der Waals surface area contributed by atoms with Gasteiger partial charge in [-0.3, -0.25) is 9.59 Å². The first-order chi connectivity index (χ1) is 14.9. The van der Waals surface area contributed by atoms with E-state index in [1.807, 2.05) is 32.0 Å². The molecule has 6 nitrogen and oxygen atoms in total. The summed E-state index contributed by atoms with van der Waals surface area (Å²) in [5, 5.41) is 8.18. The molecule has 1 amide bonds. The molecule has 4 rings (SSSR count). The fraction of sp³-hybridized carbons (Fsp3) is 0.292. The van der Waals surface area contributed by atoms with Gasteiger partial charge in [-0.2, -0.15) is 4.68 Å². The first-order valence-corrected chi connectivity index (χ1v) is 10.8. The van der Waals surface area contributed by atoms with Crippen molar-refractivity contribution in [3.05, 3.63) is 81.1 Å². The van der Waals surface area contributed by atoms with Crippen molar-refractivity contribution in [1.29, 1.82) is 0 Å². The average molecular weight is 437 g/mol. The number of anilines is 2. The van der Waals surface area contributed by atoms with Crippen LogP contribution < -0.4 is 15.8 Å². The number of benzene rings is 2. The number of halogens is 1. The third-order valence-corrected chi connectivity index (χ3v) is 6.05. The van der Waals surface area contributed by atoms with E-state index in [0.29, 0.717) is 23.1 Å². The normalized spacial score (nSPS) is 16.2. The van der Waals surface area contributed by atoms with Gasteiger partial charge < -0.3 is 10.2 Å². The number of piperidine rings is 1. The van der Waals surface area contributed by atoms with Gasteiger partial charge in [-0.05, 0) is 68.1 Å². The van der Waals surface area contributed by atoms with E-state index in [0.717, 1.165) is 36.2 Å². The molecule has 2 aromatic carbocycles. The Balaban J connectivity index is 1.53. The predicted molar refractivity (Wildman–Crippen MR) is 124 cm³/mol. The van der Waals surface area contributed by atoms with Crippen molar-refractivity contribution in [2.24, 2.45) is 5.92 Å². The maximum absolute atomic E-state index is 13.0. The second kappa shape index (κ2) is 8.94.